The van der Waals surface area contributed by atoms with Crippen molar-refractivity contribution < 1.29 is 9.90 Å². The Morgan fingerprint density at radius 1 is 0.969 bits per heavy atom. The van der Waals surface area contributed by atoms with Crippen molar-refractivity contribution in [3.63, 3.8) is 0 Å². The van der Waals surface area contributed by atoms with E-state index in [1.54, 1.807) is 0 Å². The summed E-state index contributed by atoms with van der Waals surface area (Å²) >= 11 is 0. The molecule has 1 aliphatic heterocycles. The Kier molecular flexibility index (Phi) is 7.15. The number of hydrogen-bond acceptors (Lipinski definition) is 4. The van der Waals surface area contributed by atoms with Gasteiger partial charge in [-0.3, -0.25) is 0 Å². The minimum atomic E-state index is -0.963. The van der Waals surface area contributed by atoms with E-state index in [4.69, 9.17) is 4.98 Å². The first-order valence-electron chi connectivity index (χ1n) is 11.6. The van der Waals surface area contributed by atoms with Gasteiger partial charge in [-0.05, 0) is 61.1 Å². The number of aromatic nitrogens is 2. The number of anilines is 1. The van der Waals surface area contributed by atoms with Gasteiger partial charge in [-0.15, -0.1) is 0 Å². The standard InChI is InChI=1S/C27H31N3O2/c1-2-20-8-10-21(11-9-20)12-13-25-24(26(31)32)19-28-27(29-25)30-16-14-23(15-17-30)18-22-6-4-3-5-7-22/h3-11,19,23H,2,12-18H2,1H3,(H,31,32). The summed E-state index contributed by atoms with van der Waals surface area (Å²) in [4.78, 5) is 23.0. The highest BCUT2D eigenvalue weighted by Gasteiger charge is 2.23. The molecule has 2 heterocycles. The van der Waals surface area contributed by atoms with Crippen molar-refractivity contribution in [3.8, 4) is 0 Å². The Morgan fingerprint density at radius 3 is 2.31 bits per heavy atom. The minimum absolute atomic E-state index is 0.206. The molecule has 32 heavy (non-hydrogen) atoms. The van der Waals surface area contributed by atoms with Crippen LogP contribution in [0.2, 0.25) is 0 Å². The van der Waals surface area contributed by atoms with Gasteiger partial charge in [0, 0.05) is 19.3 Å². The van der Waals surface area contributed by atoms with Crippen molar-refractivity contribution in [2.24, 2.45) is 5.92 Å². The number of hydrogen-bond donors (Lipinski definition) is 1. The second-order valence-corrected chi connectivity index (χ2v) is 8.63. The lowest BCUT2D eigenvalue weighted by atomic mass is 9.90. The highest BCUT2D eigenvalue weighted by atomic mass is 16.4. The highest BCUT2D eigenvalue weighted by molar-refractivity contribution is 5.88. The molecule has 0 amide bonds. The van der Waals surface area contributed by atoms with Crippen LogP contribution in [0.5, 0.6) is 0 Å². The summed E-state index contributed by atoms with van der Waals surface area (Å²) < 4.78 is 0. The monoisotopic (exact) mass is 429 g/mol. The van der Waals surface area contributed by atoms with Gasteiger partial charge in [0.1, 0.15) is 0 Å². The molecular formula is C27H31N3O2. The largest absolute Gasteiger partial charge is 0.478 e. The molecule has 1 fully saturated rings. The van der Waals surface area contributed by atoms with E-state index in [2.05, 4.69) is 71.4 Å². The average molecular weight is 430 g/mol. The van der Waals surface area contributed by atoms with E-state index < -0.39 is 5.97 Å². The van der Waals surface area contributed by atoms with Crippen LogP contribution in [0.25, 0.3) is 0 Å². The predicted molar refractivity (Wildman–Crippen MR) is 127 cm³/mol. The molecule has 0 atom stereocenters. The molecular weight excluding hydrogens is 398 g/mol. The summed E-state index contributed by atoms with van der Waals surface area (Å²) in [6.45, 7) is 3.95. The Bertz CT molecular complexity index is 1030. The molecule has 5 heteroatoms. The van der Waals surface area contributed by atoms with Crippen LogP contribution in [0.4, 0.5) is 5.95 Å². The molecule has 0 radical (unpaired) electrons. The maximum absolute atomic E-state index is 11.7. The third-order valence-corrected chi connectivity index (χ3v) is 6.43. The molecule has 1 N–H and O–H groups in total. The van der Waals surface area contributed by atoms with Crippen molar-refractivity contribution in [1.82, 2.24) is 9.97 Å². The van der Waals surface area contributed by atoms with Crippen LogP contribution in [0.3, 0.4) is 0 Å². The van der Waals surface area contributed by atoms with Gasteiger partial charge in [0.25, 0.3) is 0 Å². The Balaban J connectivity index is 1.41. The van der Waals surface area contributed by atoms with Crippen molar-refractivity contribution in [2.45, 2.75) is 45.4 Å². The summed E-state index contributed by atoms with van der Waals surface area (Å²) in [5.74, 6) is 0.358. The zero-order valence-electron chi connectivity index (χ0n) is 18.7. The van der Waals surface area contributed by atoms with Gasteiger partial charge in [0.05, 0.1) is 11.3 Å². The molecule has 1 aromatic heterocycles. The van der Waals surface area contributed by atoms with E-state index in [0.29, 0.717) is 24.0 Å². The number of piperidine rings is 1. The second kappa shape index (κ2) is 10.4. The molecule has 166 valence electrons. The summed E-state index contributed by atoms with van der Waals surface area (Å²) in [5, 5.41) is 9.61. The SMILES string of the molecule is CCc1ccc(CCc2nc(N3CCC(Cc4ccccc4)CC3)ncc2C(=O)O)cc1. The molecule has 1 aliphatic rings. The topological polar surface area (TPSA) is 66.3 Å². The van der Waals surface area contributed by atoms with E-state index in [9.17, 15) is 9.90 Å². The number of carboxylic acids is 1. The van der Waals surface area contributed by atoms with E-state index in [0.717, 1.165) is 45.2 Å². The van der Waals surface area contributed by atoms with Crippen molar-refractivity contribution >= 4 is 11.9 Å². The zero-order valence-corrected chi connectivity index (χ0v) is 18.7. The van der Waals surface area contributed by atoms with Crippen molar-refractivity contribution in [1.29, 1.82) is 0 Å². The lowest BCUT2D eigenvalue weighted by Crippen LogP contribution is -2.35. The first kappa shape index (κ1) is 22.0. The van der Waals surface area contributed by atoms with Crippen LogP contribution < -0.4 is 4.90 Å². The van der Waals surface area contributed by atoms with E-state index >= 15 is 0 Å². The average Bonchev–Trinajstić information content (AvgIpc) is 2.84. The minimum Gasteiger partial charge on any atom is -0.478 e. The maximum atomic E-state index is 11.7. The summed E-state index contributed by atoms with van der Waals surface area (Å²) in [7, 11) is 0. The van der Waals surface area contributed by atoms with Gasteiger partial charge in [-0.1, -0.05) is 61.5 Å². The number of carbonyl (C=O) groups is 1. The van der Waals surface area contributed by atoms with E-state index in [1.165, 1.54) is 22.9 Å². The number of nitrogens with zero attached hydrogens (tertiary/aromatic N) is 3. The molecule has 0 aliphatic carbocycles. The molecule has 0 unspecified atom stereocenters. The van der Waals surface area contributed by atoms with Crippen LogP contribution >= 0.6 is 0 Å². The molecule has 2 aromatic carbocycles. The quantitative estimate of drug-likeness (QED) is 0.547. The van der Waals surface area contributed by atoms with Gasteiger partial charge in [0.15, 0.2) is 0 Å². The number of aromatic carboxylic acids is 1. The van der Waals surface area contributed by atoms with Crippen LogP contribution in [0.1, 0.15) is 52.5 Å². The summed E-state index contributed by atoms with van der Waals surface area (Å²) in [6, 6.07) is 19.2. The Morgan fingerprint density at radius 2 is 1.66 bits per heavy atom. The van der Waals surface area contributed by atoms with Crippen LogP contribution in [-0.4, -0.2) is 34.1 Å². The molecule has 1 saturated heterocycles. The molecule has 0 saturated carbocycles. The van der Waals surface area contributed by atoms with E-state index in [-0.39, 0.29) is 5.56 Å². The first-order valence-corrected chi connectivity index (χ1v) is 11.6. The number of carboxylic acid groups (broad SMARTS) is 1. The van der Waals surface area contributed by atoms with Gasteiger partial charge in [-0.2, -0.15) is 0 Å². The van der Waals surface area contributed by atoms with Crippen LogP contribution in [0.15, 0.2) is 60.8 Å². The fourth-order valence-corrected chi connectivity index (χ4v) is 4.42. The van der Waals surface area contributed by atoms with Gasteiger partial charge in [-0.25, -0.2) is 14.8 Å². The maximum Gasteiger partial charge on any atom is 0.339 e. The van der Waals surface area contributed by atoms with E-state index in [1.807, 2.05) is 0 Å². The van der Waals surface area contributed by atoms with Crippen molar-refractivity contribution in [3.05, 3.63) is 88.7 Å². The third kappa shape index (κ3) is 5.52. The molecule has 5 nitrogen and oxygen atoms in total. The fraction of sp³-hybridized carbons (Fsp3) is 0.370. The molecule has 4 rings (SSSR count). The lowest BCUT2D eigenvalue weighted by molar-refractivity contribution is 0.0694. The molecule has 0 spiro atoms. The fourth-order valence-electron chi connectivity index (χ4n) is 4.42. The van der Waals surface area contributed by atoms with Gasteiger partial charge in [0.2, 0.25) is 5.95 Å². The van der Waals surface area contributed by atoms with Gasteiger partial charge < -0.3 is 10.0 Å². The lowest BCUT2D eigenvalue weighted by Gasteiger charge is -2.32. The van der Waals surface area contributed by atoms with Crippen molar-refractivity contribution in [2.75, 3.05) is 18.0 Å². The summed E-state index contributed by atoms with van der Waals surface area (Å²) in [6.07, 6.45) is 7.15. The Labute approximate surface area is 190 Å². The highest BCUT2D eigenvalue weighted by Crippen LogP contribution is 2.25. The predicted octanol–water partition coefficient (Wildman–Crippen LogP) is 4.98. The van der Waals surface area contributed by atoms with Crippen LogP contribution in [0, 0.1) is 5.92 Å². The zero-order chi connectivity index (χ0) is 22.3. The van der Waals surface area contributed by atoms with Gasteiger partial charge >= 0.3 is 5.97 Å². The smallest absolute Gasteiger partial charge is 0.339 e. The van der Waals surface area contributed by atoms with Crippen LogP contribution in [-0.2, 0) is 25.7 Å². The number of benzene rings is 2. The Hall–Kier alpha value is -3.21. The number of rotatable bonds is 8. The molecule has 0 bridgehead atoms. The summed E-state index contributed by atoms with van der Waals surface area (Å²) in [5.41, 5.74) is 4.72. The number of aryl methyl sites for hydroxylation is 3. The first-order chi connectivity index (χ1) is 15.6. The second-order valence-electron chi connectivity index (χ2n) is 8.63. The third-order valence-electron chi connectivity index (χ3n) is 6.43. The molecule has 3 aromatic rings. The normalized spacial score (nSPS) is 14.5.